The summed E-state index contributed by atoms with van der Waals surface area (Å²) < 4.78 is 5.57. The first-order chi connectivity index (χ1) is 10.9. The number of benzene rings is 1. The predicted octanol–water partition coefficient (Wildman–Crippen LogP) is 0.971. The van der Waals surface area contributed by atoms with Crippen LogP contribution >= 0.6 is 28.6 Å². The van der Waals surface area contributed by atoms with Crippen molar-refractivity contribution in [3.8, 4) is 0 Å². The lowest BCUT2D eigenvalue weighted by Gasteiger charge is -2.26. The highest BCUT2D eigenvalue weighted by molar-refractivity contribution is 9.10. The molecule has 0 bridgehead atoms. The van der Waals surface area contributed by atoms with E-state index in [1.54, 1.807) is 24.3 Å². The monoisotopic (exact) mass is 401 g/mol. The van der Waals surface area contributed by atoms with Crippen molar-refractivity contribution in [3.63, 3.8) is 0 Å². The maximum Gasteiger partial charge on any atom is 0.361 e. The van der Waals surface area contributed by atoms with Crippen LogP contribution in [0.4, 0.5) is 0 Å². The van der Waals surface area contributed by atoms with E-state index in [0.717, 1.165) is 7.11 Å². The van der Waals surface area contributed by atoms with Crippen molar-refractivity contribution < 1.29 is 24.3 Å². The first-order valence-corrected chi connectivity index (χ1v) is 7.59. The van der Waals surface area contributed by atoms with E-state index in [1.165, 1.54) is 0 Å². The lowest BCUT2D eigenvalue weighted by atomic mass is 10.1. The van der Waals surface area contributed by atoms with Gasteiger partial charge in [0.05, 0.1) is 0 Å². The number of carboxylic acid groups (broad SMARTS) is 1. The number of aliphatic carboxylic acids is 1. The highest BCUT2D eigenvalue weighted by atomic mass is 79.9. The van der Waals surface area contributed by atoms with Crippen molar-refractivity contribution >= 4 is 51.9 Å². The molecule has 2 rings (SSSR count). The predicted molar refractivity (Wildman–Crippen MR) is 88.7 cm³/mol. The third-order valence-corrected chi connectivity index (χ3v) is 4.65. The molecule has 2 unspecified atom stereocenters. The largest absolute Gasteiger partial charge is 0.476 e. The van der Waals surface area contributed by atoms with Crippen LogP contribution in [0.5, 0.6) is 0 Å². The van der Waals surface area contributed by atoms with Gasteiger partial charge in [0.1, 0.15) is 7.11 Å². The molecule has 0 saturated heterocycles. The zero-order valence-electron chi connectivity index (χ0n) is 11.8. The highest BCUT2D eigenvalue weighted by Gasteiger charge is 2.48. The summed E-state index contributed by atoms with van der Waals surface area (Å²) in [5.74, 6) is -2.19. The molecule has 0 saturated carbocycles. The van der Waals surface area contributed by atoms with Gasteiger partial charge < -0.3 is 14.7 Å². The molecule has 1 aliphatic heterocycles. The highest BCUT2D eigenvalue weighted by Crippen LogP contribution is 2.30. The first kappa shape index (κ1) is 17.3. The molecule has 0 aliphatic carbocycles. The van der Waals surface area contributed by atoms with Gasteiger partial charge in [-0.15, -0.1) is 17.7 Å². The van der Waals surface area contributed by atoms with Crippen molar-refractivity contribution in [2.24, 2.45) is 10.3 Å². The minimum atomic E-state index is -1.58. The van der Waals surface area contributed by atoms with Crippen molar-refractivity contribution in [2.75, 3.05) is 7.11 Å². The number of oxime groups is 1. The molecule has 0 aromatic heterocycles. The Morgan fingerprint density at radius 3 is 2.70 bits per heavy atom. The smallest absolute Gasteiger partial charge is 0.361 e. The summed E-state index contributed by atoms with van der Waals surface area (Å²) in [7, 11) is 1.14. The fraction of sp³-hybridized carbons (Fsp3) is 0.231. The second kappa shape index (κ2) is 7.01. The minimum Gasteiger partial charge on any atom is -0.476 e. The summed E-state index contributed by atoms with van der Waals surface area (Å²) in [5.41, 5.74) is 2.45. The SMILES string of the molecule is CO/N=C(\C(=O)O)C(=O)C(Br)C1(S)NN=C(c2ccccc2)O1. The number of carbonyl (C=O) groups is 2. The Balaban J connectivity index is 2.17. The Bertz CT molecular complexity index is 681. The number of rotatable bonds is 6. The number of ketones is 1. The van der Waals surface area contributed by atoms with Gasteiger partial charge in [0.15, 0.2) is 4.83 Å². The van der Waals surface area contributed by atoms with E-state index in [2.05, 4.69) is 49.1 Å². The van der Waals surface area contributed by atoms with Crippen LogP contribution in [0.3, 0.4) is 0 Å². The van der Waals surface area contributed by atoms with E-state index in [0.29, 0.717) is 5.56 Å². The Hall–Kier alpha value is -2.07. The van der Waals surface area contributed by atoms with Gasteiger partial charge in [-0.2, -0.15) is 0 Å². The van der Waals surface area contributed by atoms with Crippen molar-refractivity contribution in [1.82, 2.24) is 5.43 Å². The second-order valence-electron chi connectivity index (χ2n) is 4.35. The molecule has 1 aromatic rings. The fourth-order valence-corrected chi connectivity index (χ4v) is 2.38. The Labute approximate surface area is 145 Å². The number of ether oxygens (including phenoxy) is 1. The number of hydrogen-bond donors (Lipinski definition) is 3. The summed E-state index contributed by atoms with van der Waals surface area (Å²) in [6, 6.07) is 8.95. The molecule has 8 nitrogen and oxygen atoms in total. The molecular formula is C13H12BrN3O5S. The summed E-state index contributed by atoms with van der Waals surface area (Å²) in [5, 5.41) is 14.6. The van der Waals surface area contributed by atoms with Gasteiger partial charge in [-0.05, 0) is 12.1 Å². The van der Waals surface area contributed by atoms with Crippen molar-refractivity contribution in [1.29, 1.82) is 0 Å². The van der Waals surface area contributed by atoms with Gasteiger partial charge in [0, 0.05) is 5.56 Å². The van der Waals surface area contributed by atoms with Gasteiger partial charge >= 0.3 is 5.97 Å². The third kappa shape index (κ3) is 3.64. The van der Waals surface area contributed by atoms with Crippen LogP contribution in [0.25, 0.3) is 0 Å². The van der Waals surface area contributed by atoms with Crippen LogP contribution in [-0.2, 0) is 19.2 Å². The molecule has 1 aliphatic rings. The van der Waals surface area contributed by atoms with Gasteiger partial charge in [0.2, 0.25) is 17.4 Å². The maximum atomic E-state index is 12.3. The minimum absolute atomic E-state index is 0.221. The van der Waals surface area contributed by atoms with Crippen LogP contribution in [0.1, 0.15) is 5.56 Å². The third-order valence-electron chi connectivity index (χ3n) is 2.78. The van der Waals surface area contributed by atoms with E-state index >= 15 is 0 Å². The first-order valence-electron chi connectivity index (χ1n) is 6.23. The second-order valence-corrected chi connectivity index (χ2v) is 5.93. The summed E-state index contributed by atoms with van der Waals surface area (Å²) in [4.78, 5) is 26.5. The van der Waals surface area contributed by atoms with E-state index in [-0.39, 0.29) is 5.90 Å². The number of carbonyl (C=O) groups excluding carboxylic acids is 1. The summed E-state index contributed by atoms with van der Waals surface area (Å²) in [6.07, 6.45) is 0. The van der Waals surface area contributed by atoms with Gasteiger partial charge in [0.25, 0.3) is 5.06 Å². The molecule has 0 amide bonds. The number of nitrogens with one attached hydrogen (secondary N) is 1. The summed E-state index contributed by atoms with van der Waals surface area (Å²) in [6.45, 7) is 0. The average Bonchev–Trinajstić information content (AvgIpc) is 2.95. The number of carboxylic acids is 1. The van der Waals surface area contributed by atoms with Crippen LogP contribution in [0, 0.1) is 0 Å². The maximum absolute atomic E-state index is 12.3. The molecule has 122 valence electrons. The fourth-order valence-electron chi connectivity index (χ4n) is 1.71. The van der Waals surface area contributed by atoms with Crippen LogP contribution in [0.15, 0.2) is 40.6 Å². The lowest BCUT2D eigenvalue weighted by molar-refractivity contribution is -0.130. The summed E-state index contributed by atoms with van der Waals surface area (Å²) >= 11 is 7.33. The molecule has 0 spiro atoms. The zero-order chi connectivity index (χ0) is 17.0. The van der Waals surface area contributed by atoms with Crippen molar-refractivity contribution in [2.45, 2.75) is 9.88 Å². The molecular weight excluding hydrogens is 390 g/mol. The number of hydrazone groups is 1. The molecule has 1 aromatic carbocycles. The average molecular weight is 402 g/mol. The normalized spacial score (nSPS) is 21.7. The van der Waals surface area contributed by atoms with Crippen molar-refractivity contribution in [3.05, 3.63) is 35.9 Å². The van der Waals surface area contributed by atoms with E-state index < -0.39 is 27.3 Å². The van der Waals surface area contributed by atoms with Crippen LogP contribution in [0.2, 0.25) is 0 Å². The van der Waals surface area contributed by atoms with Gasteiger partial charge in [-0.1, -0.05) is 39.3 Å². The Morgan fingerprint density at radius 1 is 1.48 bits per heavy atom. The van der Waals surface area contributed by atoms with Gasteiger partial charge in [-0.25, -0.2) is 4.79 Å². The Morgan fingerprint density at radius 2 is 2.13 bits per heavy atom. The number of nitrogens with zero attached hydrogens (tertiary/aromatic N) is 2. The Kier molecular flexibility index (Phi) is 5.26. The topological polar surface area (TPSA) is 110 Å². The molecule has 0 radical (unpaired) electrons. The number of Topliss-reactive ketones (excluding diaryl/α,β-unsaturated/α-hetero) is 1. The molecule has 23 heavy (non-hydrogen) atoms. The molecule has 10 heteroatoms. The van der Waals surface area contributed by atoms with E-state index in [4.69, 9.17) is 9.84 Å². The number of thiol groups is 1. The van der Waals surface area contributed by atoms with E-state index in [9.17, 15) is 9.59 Å². The van der Waals surface area contributed by atoms with Crippen LogP contribution < -0.4 is 5.43 Å². The number of halogens is 1. The molecule has 2 N–H and O–H groups in total. The number of hydrogen-bond acceptors (Lipinski definition) is 8. The number of alkyl halides is 1. The molecule has 0 fully saturated rings. The molecule has 1 heterocycles. The standard InChI is InChI=1S/C13H12BrN3O5S/c1-21-16-8(12(19)20)9(18)10(14)13(23)17-15-11(22-13)7-5-3-2-4-6-7/h2-6,10,17,23H,1H3,(H,19,20)/b16-8-. The van der Waals surface area contributed by atoms with E-state index in [1.807, 2.05) is 6.07 Å². The van der Waals surface area contributed by atoms with Crippen LogP contribution in [-0.4, -0.2) is 45.5 Å². The zero-order valence-corrected chi connectivity index (χ0v) is 14.2. The molecule has 2 atom stereocenters. The quantitative estimate of drug-likeness (QED) is 0.215. The van der Waals surface area contributed by atoms with Gasteiger partial charge in [-0.3, -0.25) is 10.2 Å². The lowest BCUT2D eigenvalue weighted by Crippen LogP contribution is -2.50.